The quantitative estimate of drug-likeness (QED) is 0.0928. The van der Waals surface area contributed by atoms with Gasteiger partial charge in [0.2, 0.25) is 0 Å². The molecule has 2 aromatic carbocycles. The summed E-state index contributed by atoms with van der Waals surface area (Å²) in [5.41, 5.74) is 6.62. The van der Waals surface area contributed by atoms with E-state index in [1.807, 2.05) is 30.3 Å². The van der Waals surface area contributed by atoms with E-state index in [0.29, 0.717) is 29.6 Å². The average Bonchev–Trinajstić information content (AvgIpc) is 3.53. The standard InChI is InChI=1S/C29H28IN3O5/c1-5-14-36-28-25(30)15-21(16-27(28)35-4)17-31-32-29(34)26-13-12-24(38-26)18-37-23-10-8-22(9-11-23)33-19(2)6-7-20(33)3/h5-13,15-17H,1,14,18H2,2-4H3,(H,32,34)/b31-17+. The lowest BCUT2D eigenvalue weighted by atomic mass is 10.2. The fourth-order valence-electron chi connectivity index (χ4n) is 3.82. The van der Waals surface area contributed by atoms with E-state index in [0.717, 1.165) is 14.8 Å². The fraction of sp³-hybridized carbons (Fsp3) is 0.172. The molecule has 0 radical (unpaired) electrons. The summed E-state index contributed by atoms with van der Waals surface area (Å²) in [6.07, 6.45) is 3.18. The van der Waals surface area contributed by atoms with Crippen LogP contribution in [0.15, 0.2) is 82.8 Å². The molecule has 0 saturated carbocycles. The summed E-state index contributed by atoms with van der Waals surface area (Å²) in [6.45, 7) is 8.36. The molecule has 0 bridgehead atoms. The second kappa shape index (κ2) is 12.5. The molecule has 0 fully saturated rings. The molecule has 2 aromatic heterocycles. The summed E-state index contributed by atoms with van der Waals surface area (Å²) < 4.78 is 25.5. The molecule has 0 atom stereocenters. The van der Waals surface area contributed by atoms with Crippen LogP contribution in [0.2, 0.25) is 0 Å². The number of hydrogen-bond acceptors (Lipinski definition) is 6. The van der Waals surface area contributed by atoms with Crippen LogP contribution in [0.1, 0.15) is 33.3 Å². The maximum Gasteiger partial charge on any atom is 0.307 e. The molecule has 0 saturated heterocycles. The predicted molar refractivity (Wildman–Crippen MR) is 155 cm³/mol. The second-order valence-electron chi connectivity index (χ2n) is 8.33. The van der Waals surface area contributed by atoms with Gasteiger partial charge in [0.05, 0.1) is 16.9 Å². The zero-order valence-corrected chi connectivity index (χ0v) is 23.5. The Labute approximate surface area is 235 Å². The number of halogens is 1. The molecule has 1 N–H and O–H groups in total. The highest BCUT2D eigenvalue weighted by Crippen LogP contribution is 2.33. The SMILES string of the molecule is C=CCOc1c(I)cc(/C=N/NC(=O)c2ccc(COc3ccc(-n4c(C)ccc4C)cc3)o2)cc1OC. The van der Waals surface area contributed by atoms with Gasteiger partial charge in [-0.05, 0) is 103 Å². The van der Waals surface area contributed by atoms with E-state index in [4.69, 9.17) is 18.6 Å². The molecule has 0 aliphatic rings. The van der Waals surface area contributed by atoms with Crippen LogP contribution in [0, 0.1) is 17.4 Å². The number of methoxy groups -OCH3 is 1. The van der Waals surface area contributed by atoms with Gasteiger partial charge in [0.25, 0.3) is 0 Å². The Bertz CT molecular complexity index is 1430. The van der Waals surface area contributed by atoms with Crippen molar-refractivity contribution in [2.45, 2.75) is 20.5 Å². The van der Waals surface area contributed by atoms with Gasteiger partial charge in [0.1, 0.15) is 24.7 Å². The minimum absolute atomic E-state index is 0.134. The molecule has 0 aliphatic heterocycles. The van der Waals surface area contributed by atoms with Crippen molar-refractivity contribution in [2.24, 2.45) is 5.10 Å². The Morgan fingerprint density at radius 2 is 1.82 bits per heavy atom. The van der Waals surface area contributed by atoms with E-state index >= 15 is 0 Å². The smallest absolute Gasteiger partial charge is 0.307 e. The van der Waals surface area contributed by atoms with Crippen molar-refractivity contribution < 1.29 is 23.4 Å². The van der Waals surface area contributed by atoms with E-state index < -0.39 is 5.91 Å². The molecule has 0 unspecified atom stereocenters. The van der Waals surface area contributed by atoms with Crippen LogP contribution >= 0.6 is 22.6 Å². The molecule has 38 heavy (non-hydrogen) atoms. The molecule has 196 valence electrons. The highest BCUT2D eigenvalue weighted by molar-refractivity contribution is 14.1. The third-order valence-corrected chi connectivity index (χ3v) is 6.41. The largest absolute Gasteiger partial charge is 0.493 e. The Hall–Kier alpha value is -3.99. The molecule has 1 amide bonds. The van der Waals surface area contributed by atoms with Crippen molar-refractivity contribution in [3.05, 3.63) is 105 Å². The molecule has 0 spiro atoms. The van der Waals surface area contributed by atoms with Gasteiger partial charge in [-0.15, -0.1) is 0 Å². The lowest BCUT2D eigenvalue weighted by molar-refractivity contribution is 0.0923. The molecule has 4 rings (SSSR count). The normalized spacial score (nSPS) is 10.9. The Morgan fingerprint density at radius 3 is 2.50 bits per heavy atom. The zero-order chi connectivity index (χ0) is 27.1. The first-order valence-electron chi connectivity index (χ1n) is 11.8. The van der Waals surface area contributed by atoms with Gasteiger partial charge in [-0.25, -0.2) is 5.43 Å². The third-order valence-electron chi connectivity index (χ3n) is 5.61. The predicted octanol–water partition coefficient (Wildman–Crippen LogP) is 6.21. The van der Waals surface area contributed by atoms with E-state index in [9.17, 15) is 4.79 Å². The maximum absolute atomic E-state index is 12.5. The van der Waals surface area contributed by atoms with Crippen molar-refractivity contribution in [3.63, 3.8) is 0 Å². The molecule has 4 aromatic rings. The molecule has 8 nitrogen and oxygen atoms in total. The van der Waals surface area contributed by atoms with Crippen LogP contribution in [0.4, 0.5) is 0 Å². The van der Waals surface area contributed by atoms with Crippen molar-refractivity contribution in [2.75, 3.05) is 13.7 Å². The van der Waals surface area contributed by atoms with Crippen molar-refractivity contribution in [3.8, 4) is 22.9 Å². The highest BCUT2D eigenvalue weighted by atomic mass is 127. The fourth-order valence-corrected chi connectivity index (χ4v) is 4.60. The van der Waals surface area contributed by atoms with Gasteiger partial charge < -0.3 is 23.2 Å². The van der Waals surface area contributed by atoms with E-state index in [-0.39, 0.29) is 12.4 Å². The summed E-state index contributed by atoms with van der Waals surface area (Å²) in [6, 6.07) is 18.9. The number of nitrogens with zero attached hydrogens (tertiary/aromatic N) is 2. The lowest BCUT2D eigenvalue weighted by Gasteiger charge is -2.12. The third kappa shape index (κ3) is 6.46. The van der Waals surface area contributed by atoms with Crippen LogP contribution < -0.4 is 19.6 Å². The first kappa shape index (κ1) is 27.1. The van der Waals surface area contributed by atoms with Crippen LogP contribution in [-0.2, 0) is 6.61 Å². The minimum Gasteiger partial charge on any atom is -0.493 e. The monoisotopic (exact) mass is 625 g/mol. The summed E-state index contributed by atoms with van der Waals surface area (Å²) in [5, 5.41) is 4.04. The number of carbonyl (C=O) groups excluding carboxylic acids is 1. The summed E-state index contributed by atoms with van der Waals surface area (Å²) >= 11 is 2.15. The number of rotatable bonds is 11. The van der Waals surface area contributed by atoms with Crippen LogP contribution in [0.25, 0.3) is 5.69 Å². The maximum atomic E-state index is 12.5. The molecular weight excluding hydrogens is 597 g/mol. The second-order valence-corrected chi connectivity index (χ2v) is 9.50. The van der Waals surface area contributed by atoms with Crippen molar-refractivity contribution >= 4 is 34.7 Å². The number of carbonyl (C=O) groups is 1. The summed E-state index contributed by atoms with van der Waals surface area (Å²) in [5.74, 6) is 2.08. The number of benzene rings is 2. The van der Waals surface area contributed by atoms with Crippen LogP contribution in [0.5, 0.6) is 17.2 Å². The molecule has 2 heterocycles. The molecule has 9 heteroatoms. The Balaban J connectivity index is 1.32. The van der Waals surface area contributed by atoms with Gasteiger partial charge >= 0.3 is 5.91 Å². The number of aromatic nitrogens is 1. The van der Waals surface area contributed by atoms with E-state index in [2.05, 4.69) is 70.2 Å². The number of hydrazone groups is 1. The van der Waals surface area contributed by atoms with Crippen LogP contribution in [0.3, 0.4) is 0 Å². The molecular formula is C29H28IN3O5. The molecule has 0 aliphatic carbocycles. The number of ether oxygens (including phenoxy) is 3. The van der Waals surface area contributed by atoms with Gasteiger partial charge in [0, 0.05) is 17.1 Å². The van der Waals surface area contributed by atoms with Crippen LogP contribution in [-0.4, -0.2) is 30.4 Å². The summed E-state index contributed by atoms with van der Waals surface area (Å²) in [4.78, 5) is 12.5. The number of aryl methyl sites for hydroxylation is 2. The number of amides is 1. The van der Waals surface area contributed by atoms with Gasteiger partial charge in [-0.2, -0.15) is 5.10 Å². The minimum atomic E-state index is -0.470. The van der Waals surface area contributed by atoms with Gasteiger partial charge in [-0.1, -0.05) is 12.7 Å². The Morgan fingerprint density at radius 1 is 1.08 bits per heavy atom. The summed E-state index contributed by atoms with van der Waals surface area (Å²) in [7, 11) is 1.56. The first-order valence-corrected chi connectivity index (χ1v) is 12.9. The average molecular weight is 625 g/mol. The first-order chi connectivity index (χ1) is 18.4. The van der Waals surface area contributed by atoms with E-state index in [1.54, 1.807) is 31.4 Å². The topological polar surface area (TPSA) is 87.2 Å². The number of hydrogen-bond donors (Lipinski definition) is 1. The lowest BCUT2D eigenvalue weighted by Crippen LogP contribution is -2.16. The van der Waals surface area contributed by atoms with Crippen molar-refractivity contribution in [1.82, 2.24) is 9.99 Å². The van der Waals surface area contributed by atoms with Gasteiger partial charge in [-0.3, -0.25) is 4.79 Å². The van der Waals surface area contributed by atoms with E-state index in [1.165, 1.54) is 17.6 Å². The van der Waals surface area contributed by atoms with Gasteiger partial charge in [0.15, 0.2) is 17.3 Å². The highest BCUT2D eigenvalue weighted by Gasteiger charge is 2.13. The Kier molecular flexibility index (Phi) is 8.90. The number of nitrogens with one attached hydrogen (secondary N) is 1. The number of furan rings is 1. The van der Waals surface area contributed by atoms with Crippen molar-refractivity contribution in [1.29, 1.82) is 0 Å². The zero-order valence-electron chi connectivity index (χ0n) is 21.4.